The Bertz CT molecular complexity index is 980. The summed E-state index contributed by atoms with van der Waals surface area (Å²) in [6, 6.07) is 15.3. The van der Waals surface area contributed by atoms with Gasteiger partial charge < -0.3 is 20.1 Å². The Morgan fingerprint density at radius 2 is 1.65 bits per heavy atom. The molecule has 0 saturated heterocycles. The average Bonchev–Trinajstić information content (AvgIpc) is 3.12. The molecule has 0 unspecified atom stereocenters. The molecule has 2 aromatic carbocycles. The Kier molecular flexibility index (Phi) is 8.98. The lowest BCUT2D eigenvalue weighted by atomic mass is 9.98. The van der Waals surface area contributed by atoms with E-state index in [1.807, 2.05) is 56.5 Å². The van der Waals surface area contributed by atoms with Gasteiger partial charge in [0.1, 0.15) is 19.2 Å². The van der Waals surface area contributed by atoms with Gasteiger partial charge >= 0.3 is 12.1 Å². The van der Waals surface area contributed by atoms with Gasteiger partial charge in [0.25, 0.3) is 0 Å². The number of thioether (sulfide) groups is 1. The van der Waals surface area contributed by atoms with Crippen LogP contribution >= 0.6 is 11.8 Å². The first kappa shape index (κ1) is 25.6. The molecule has 0 aromatic heterocycles. The van der Waals surface area contributed by atoms with Crippen molar-refractivity contribution < 1.29 is 24.2 Å². The van der Waals surface area contributed by atoms with Crippen LogP contribution in [0.1, 0.15) is 37.3 Å². The first-order chi connectivity index (χ1) is 16.3. The largest absolute Gasteiger partial charge is 0.480 e. The fourth-order valence-electron chi connectivity index (χ4n) is 4.33. The van der Waals surface area contributed by atoms with Gasteiger partial charge in [0, 0.05) is 12.5 Å². The summed E-state index contributed by atoms with van der Waals surface area (Å²) >= 11 is 1.55. The van der Waals surface area contributed by atoms with Crippen molar-refractivity contribution in [3.05, 3.63) is 59.7 Å². The zero-order valence-electron chi connectivity index (χ0n) is 19.8. The molecule has 0 saturated carbocycles. The number of fused-ring (bicyclic) bond motifs is 3. The van der Waals surface area contributed by atoms with Crippen molar-refractivity contribution in [3.8, 4) is 11.1 Å². The molecule has 0 aliphatic heterocycles. The van der Waals surface area contributed by atoms with Gasteiger partial charge in [-0.05, 0) is 46.6 Å². The number of carbonyl (C=O) groups excluding carboxylic acids is 2. The van der Waals surface area contributed by atoms with Crippen LogP contribution in [0.3, 0.4) is 0 Å². The maximum absolute atomic E-state index is 13.1. The zero-order chi connectivity index (χ0) is 24.7. The Morgan fingerprint density at radius 3 is 2.18 bits per heavy atom. The van der Waals surface area contributed by atoms with Crippen molar-refractivity contribution in [3.63, 3.8) is 0 Å². The summed E-state index contributed by atoms with van der Waals surface area (Å²) in [7, 11) is 0. The molecule has 8 heteroatoms. The molecule has 182 valence electrons. The van der Waals surface area contributed by atoms with Crippen LogP contribution in [0.4, 0.5) is 4.79 Å². The summed E-state index contributed by atoms with van der Waals surface area (Å²) in [5, 5.41) is 11.9. The van der Waals surface area contributed by atoms with Crippen LogP contribution in [0, 0.1) is 5.92 Å². The summed E-state index contributed by atoms with van der Waals surface area (Å²) in [4.78, 5) is 38.5. The second-order valence-electron chi connectivity index (χ2n) is 8.81. The number of hydrogen-bond acceptors (Lipinski definition) is 5. The average molecular weight is 485 g/mol. The third-order valence-corrected chi connectivity index (χ3v) is 6.41. The van der Waals surface area contributed by atoms with Crippen molar-refractivity contribution >= 4 is 29.7 Å². The van der Waals surface area contributed by atoms with Gasteiger partial charge in [0.05, 0.1) is 0 Å². The van der Waals surface area contributed by atoms with Crippen molar-refractivity contribution in [2.45, 2.75) is 32.2 Å². The number of carbonyl (C=O) groups is 3. The predicted octanol–water partition coefficient (Wildman–Crippen LogP) is 4.22. The number of aliphatic carboxylic acids is 1. The molecule has 7 nitrogen and oxygen atoms in total. The van der Waals surface area contributed by atoms with Crippen LogP contribution in [0.5, 0.6) is 0 Å². The maximum Gasteiger partial charge on any atom is 0.407 e. The summed E-state index contributed by atoms with van der Waals surface area (Å²) < 4.78 is 5.60. The first-order valence-electron chi connectivity index (χ1n) is 11.4. The molecule has 2 aromatic rings. The number of carboxylic acid groups (broad SMARTS) is 1. The SMILES string of the molecule is CSCC[C@H](NC(=O)OCC1c2ccccc2-c2ccccc21)C(=O)N(CC(=O)O)CC(C)C. The lowest BCUT2D eigenvalue weighted by molar-refractivity contribution is -0.145. The van der Waals surface area contributed by atoms with Crippen LogP contribution in [0.25, 0.3) is 11.1 Å². The van der Waals surface area contributed by atoms with E-state index < -0.39 is 30.6 Å². The third-order valence-electron chi connectivity index (χ3n) is 5.77. The lowest BCUT2D eigenvalue weighted by Gasteiger charge is -2.28. The number of benzene rings is 2. The van der Waals surface area contributed by atoms with E-state index in [-0.39, 0.29) is 18.4 Å². The molecule has 0 fully saturated rings. The fraction of sp³-hybridized carbons (Fsp3) is 0.423. The van der Waals surface area contributed by atoms with E-state index in [9.17, 15) is 19.5 Å². The molecular weight excluding hydrogens is 452 g/mol. The molecule has 2 N–H and O–H groups in total. The highest BCUT2D eigenvalue weighted by atomic mass is 32.2. The molecule has 1 aliphatic rings. The molecule has 34 heavy (non-hydrogen) atoms. The second-order valence-corrected chi connectivity index (χ2v) is 9.80. The topological polar surface area (TPSA) is 95.9 Å². The molecule has 1 aliphatic carbocycles. The van der Waals surface area contributed by atoms with E-state index in [0.717, 1.165) is 22.3 Å². The van der Waals surface area contributed by atoms with Gasteiger partial charge in [0.15, 0.2) is 0 Å². The number of carboxylic acids is 1. The Morgan fingerprint density at radius 1 is 1.06 bits per heavy atom. The van der Waals surface area contributed by atoms with E-state index in [1.165, 1.54) is 4.90 Å². The Labute approximate surface area is 204 Å². The van der Waals surface area contributed by atoms with Crippen LogP contribution in [-0.2, 0) is 14.3 Å². The minimum absolute atomic E-state index is 0.0806. The number of ether oxygens (including phenoxy) is 1. The first-order valence-corrected chi connectivity index (χ1v) is 12.8. The van der Waals surface area contributed by atoms with E-state index in [2.05, 4.69) is 17.4 Å². The normalized spacial score (nSPS) is 13.2. The van der Waals surface area contributed by atoms with E-state index >= 15 is 0 Å². The minimum Gasteiger partial charge on any atom is -0.480 e. The highest BCUT2D eigenvalue weighted by Gasteiger charge is 2.31. The molecule has 0 spiro atoms. The highest BCUT2D eigenvalue weighted by Crippen LogP contribution is 2.44. The van der Waals surface area contributed by atoms with Crippen molar-refractivity contribution in [2.75, 3.05) is 31.7 Å². The van der Waals surface area contributed by atoms with Crippen LogP contribution in [-0.4, -0.2) is 65.7 Å². The molecule has 1 atom stereocenters. The molecule has 0 bridgehead atoms. The lowest BCUT2D eigenvalue weighted by Crippen LogP contribution is -2.51. The second kappa shape index (κ2) is 11.9. The predicted molar refractivity (Wildman–Crippen MR) is 134 cm³/mol. The number of nitrogens with zero attached hydrogens (tertiary/aromatic N) is 1. The smallest absolute Gasteiger partial charge is 0.407 e. The quantitative estimate of drug-likeness (QED) is 0.496. The molecular formula is C26H32N2O5S. The molecule has 0 radical (unpaired) electrons. The maximum atomic E-state index is 13.1. The summed E-state index contributed by atoms with van der Waals surface area (Å²) in [6.45, 7) is 3.87. The Hall–Kier alpha value is -3.00. The van der Waals surface area contributed by atoms with Gasteiger partial charge in [-0.2, -0.15) is 11.8 Å². The number of amides is 2. The number of rotatable bonds is 11. The summed E-state index contributed by atoms with van der Waals surface area (Å²) in [5.41, 5.74) is 4.49. The van der Waals surface area contributed by atoms with Gasteiger partial charge in [-0.25, -0.2) is 4.79 Å². The van der Waals surface area contributed by atoms with Gasteiger partial charge in [0.2, 0.25) is 5.91 Å². The molecule has 0 heterocycles. The van der Waals surface area contributed by atoms with Crippen LogP contribution in [0.2, 0.25) is 0 Å². The number of nitrogens with one attached hydrogen (secondary N) is 1. The highest BCUT2D eigenvalue weighted by molar-refractivity contribution is 7.98. The van der Waals surface area contributed by atoms with E-state index in [1.54, 1.807) is 11.8 Å². The fourth-order valence-corrected chi connectivity index (χ4v) is 4.80. The minimum atomic E-state index is -1.08. The van der Waals surface area contributed by atoms with Gasteiger partial charge in [-0.15, -0.1) is 0 Å². The molecule has 3 rings (SSSR count). The van der Waals surface area contributed by atoms with Crippen LogP contribution < -0.4 is 5.32 Å². The standard InChI is InChI=1S/C26H32N2O5S/c1-17(2)14-28(15-24(29)30)25(31)23(12-13-34-3)27-26(32)33-16-22-20-10-6-4-8-18(20)19-9-5-7-11-21(19)22/h4-11,17,22-23H,12-16H2,1-3H3,(H,27,32)(H,29,30)/t23-/m0/s1. The van der Waals surface area contributed by atoms with Gasteiger partial charge in [-0.1, -0.05) is 62.4 Å². The van der Waals surface area contributed by atoms with Crippen molar-refractivity contribution in [2.24, 2.45) is 5.92 Å². The van der Waals surface area contributed by atoms with Crippen molar-refractivity contribution in [1.82, 2.24) is 10.2 Å². The number of alkyl carbamates (subject to hydrolysis) is 1. The van der Waals surface area contributed by atoms with Crippen molar-refractivity contribution in [1.29, 1.82) is 0 Å². The van der Waals surface area contributed by atoms with E-state index in [4.69, 9.17) is 4.74 Å². The summed E-state index contributed by atoms with van der Waals surface area (Å²) in [6.07, 6.45) is 1.62. The van der Waals surface area contributed by atoms with Crippen LogP contribution in [0.15, 0.2) is 48.5 Å². The third kappa shape index (κ3) is 6.32. The van der Waals surface area contributed by atoms with E-state index in [0.29, 0.717) is 18.7 Å². The van der Waals surface area contributed by atoms with Gasteiger partial charge in [-0.3, -0.25) is 9.59 Å². The number of hydrogen-bond donors (Lipinski definition) is 2. The monoisotopic (exact) mass is 484 g/mol. The molecule has 2 amide bonds. The Balaban J connectivity index is 1.69. The summed E-state index contributed by atoms with van der Waals surface area (Å²) in [5.74, 6) is -0.831. The zero-order valence-corrected chi connectivity index (χ0v) is 20.6.